The van der Waals surface area contributed by atoms with Gasteiger partial charge in [0, 0.05) is 5.69 Å². The number of nitrogens with one attached hydrogen (secondary N) is 1. The van der Waals surface area contributed by atoms with Crippen molar-refractivity contribution in [3.63, 3.8) is 0 Å². The van der Waals surface area contributed by atoms with Crippen LogP contribution in [0.5, 0.6) is 11.5 Å². The standard InChI is InChI=1S/C24H21NO4/c1-28-22-11-7-19(8-12-22)20(16-26)17-29-23-13-9-21(10-14-23)25-24(27)15-18-5-3-2-4-6-18/h2-14H,15,17H2,1H3,(H,25,27). The van der Waals surface area contributed by atoms with E-state index in [4.69, 9.17) is 9.47 Å². The molecule has 0 bridgehead atoms. The van der Waals surface area contributed by atoms with E-state index in [9.17, 15) is 9.59 Å². The number of hydrogen-bond donors (Lipinski definition) is 1. The summed E-state index contributed by atoms with van der Waals surface area (Å²) in [6, 6.07) is 23.7. The first kappa shape index (κ1) is 19.9. The predicted octanol–water partition coefficient (Wildman–Crippen LogP) is 4.17. The Morgan fingerprint density at radius 1 is 0.897 bits per heavy atom. The maximum absolute atomic E-state index is 12.1. The quantitative estimate of drug-likeness (QED) is 0.589. The molecule has 0 saturated carbocycles. The summed E-state index contributed by atoms with van der Waals surface area (Å²) in [5.74, 6) is 3.15. The molecule has 0 heterocycles. The van der Waals surface area contributed by atoms with Gasteiger partial charge in [-0.05, 0) is 47.5 Å². The summed E-state index contributed by atoms with van der Waals surface area (Å²) in [7, 11) is 1.59. The Hall–Kier alpha value is -3.82. The van der Waals surface area contributed by atoms with Crippen molar-refractivity contribution in [3.8, 4) is 11.5 Å². The van der Waals surface area contributed by atoms with Gasteiger partial charge in [0.05, 0.1) is 19.1 Å². The molecule has 5 nitrogen and oxygen atoms in total. The molecule has 0 aliphatic carbocycles. The van der Waals surface area contributed by atoms with Gasteiger partial charge in [0.15, 0.2) is 0 Å². The molecule has 3 aromatic rings. The number of rotatable bonds is 8. The van der Waals surface area contributed by atoms with Crippen LogP contribution in [0.15, 0.2) is 78.9 Å². The Morgan fingerprint density at radius 2 is 1.55 bits per heavy atom. The van der Waals surface area contributed by atoms with Crippen molar-refractivity contribution in [3.05, 3.63) is 90.0 Å². The molecular formula is C24H21NO4. The van der Waals surface area contributed by atoms with Gasteiger partial charge in [-0.15, -0.1) is 0 Å². The summed E-state index contributed by atoms with van der Waals surface area (Å²) in [6.07, 6.45) is 0.314. The van der Waals surface area contributed by atoms with E-state index < -0.39 is 0 Å². The smallest absolute Gasteiger partial charge is 0.228 e. The van der Waals surface area contributed by atoms with E-state index >= 15 is 0 Å². The zero-order chi connectivity index (χ0) is 20.5. The number of benzene rings is 3. The minimum Gasteiger partial charge on any atom is -0.497 e. The number of ether oxygens (including phenoxy) is 2. The number of carbonyl (C=O) groups is 1. The molecule has 0 aliphatic heterocycles. The highest BCUT2D eigenvalue weighted by atomic mass is 16.5. The van der Waals surface area contributed by atoms with Gasteiger partial charge in [0.25, 0.3) is 0 Å². The third kappa shape index (κ3) is 5.83. The zero-order valence-corrected chi connectivity index (χ0v) is 16.1. The fraction of sp³-hybridized carbons (Fsp3) is 0.125. The average Bonchev–Trinajstić information content (AvgIpc) is 2.76. The molecule has 0 atom stereocenters. The van der Waals surface area contributed by atoms with Crippen LogP contribution in [0, 0.1) is 0 Å². The second kappa shape index (κ2) is 9.93. The van der Waals surface area contributed by atoms with Crippen LogP contribution in [0.25, 0.3) is 5.57 Å². The predicted molar refractivity (Wildman–Crippen MR) is 113 cm³/mol. The van der Waals surface area contributed by atoms with Crippen molar-refractivity contribution < 1.29 is 19.1 Å². The van der Waals surface area contributed by atoms with Crippen molar-refractivity contribution in [1.29, 1.82) is 0 Å². The highest BCUT2D eigenvalue weighted by molar-refractivity contribution is 5.92. The van der Waals surface area contributed by atoms with Crippen molar-refractivity contribution in [1.82, 2.24) is 0 Å². The Morgan fingerprint density at radius 3 is 2.17 bits per heavy atom. The second-order valence-corrected chi connectivity index (χ2v) is 6.33. The first-order valence-corrected chi connectivity index (χ1v) is 9.13. The van der Waals surface area contributed by atoms with Gasteiger partial charge in [0.2, 0.25) is 5.91 Å². The van der Waals surface area contributed by atoms with E-state index in [2.05, 4.69) is 5.32 Å². The van der Waals surface area contributed by atoms with Crippen LogP contribution in [-0.4, -0.2) is 25.6 Å². The minimum absolute atomic E-state index is 0.0875. The lowest BCUT2D eigenvalue weighted by Crippen LogP contribution is -2.14. The molecule has 0 saturated heterocycles. The first-order chi connectivity index (χ1) is 14.2. The molecule has 5 heteroatoms. The summed E-state index contributed by atoms with van der Waals surface area (Å²) in [5.41, 5.74) is 2.77. The Bertz CT molecular complexity index is 989. The lowest BCUT2D eigenvalue weighted by Gasteiger charge is -2.10. The maximum Gasteiger partial charge on any atom is 0.228 e. The first-order valence-electron chi connectivity index (χ1n) is 9.13. The van der Waals surface area contributed by atoms with E-state index in [-0.39, 0.29) is 12.5 Å². The molecule has 1 N–H and O–H groups in total. The average molecular weight is 387 g/mol. The molecular weight excluding hydrogens is 366 g/mol. The van der Waals surface area contributed by atoms with Crippen molar-refractivity contribution in [2.75, 3.05) is 19.0 Å². The van der Waals surface area contributed by atoms with Crippen molar-refractivity contribution >= 4 is 23.1 Å². The van der Waals surface area contributed by atoms with Crippen LogP contribution >= 0.6 is 0 Å². The van der Waals surface area contributed by atoms with Crippen LogP contribution in [0.1, 0.15) is 11.1 Å². The second-order valence-electron chi connectivity index (χ2n) is 6.33. The largest absolute Gasteiger partial charge is 0.497 e. The number of anilines is 1. The monoisotopic (exact) mass is 387 g/mol. The van der Waals surface area contributed by atoms with Crippen LogP contribution in [0.2, 0.25) is 0 Å². The molecule has 3 aromatic carbocycles. The van der Waals surface area contributed by atoms with Crippen molar-refractivity contribution in [2.45, 2.75) is 6.42 Å². The highest BCUT2D eigenvalue weighted by Gasteiger charge is 2.07. The van der Waals surface area contributed by atoms with Gasteiger partial charge in [-0.1, -0.05) is 42.5 Å². The highest BCUT2D eigenvalue weighted by Crippen LogP contribution is 2.20. The van der Waals surface area contributed by atoms with E-state index in [0.717, 1.165) is 11.1 Å². The third-order valence-corrected chi connectivity index (χ3v) is 4.29. The SMILES string of the molecule is COc1ccc(C(=C=O)COc2ccc(NC(=O)Cc3ccccc3)cc2)cc1. The molecule has 0 spiro atoms. The zero-order valence-electron chi connectivity index (χ0n) is 16.1. The van der Waals surface area contributed by atoms with Gasteiger partial charge in [-0.25, -0.2) is 4.79 Å². The molecule has 1 amide bonds. The fourth-order valence-electron chi connectivity index (χ4n) is 2.74. The van der Waals surface area contributed by atoms with Crippen LogP contribution in [-0.2, 0) is 16.0 Å². The molecule has 146 valence electrons. The summed E-state index contributed by atoms with van der Waals surface area (Å²) in [4.78, 5) is 23.4. The van der Waals surface area contributed by atoms with Gasteiger partial charge in [-0.3, -0.25) is 4.79 Å². The number of amides is 1. The van der Waals surface area contributed by atoms with Crippen LogP contribution in [0.3, 0.4) is 0 Å². The lowest BCUT2D eigenvalue weighted by atomic mass is 10.1. The molecule has 0 unspecified atom stereocenters. The van der Waals surface area contributed by atoms with Gasteiger partial charge in [-0.2, -0.15) is 0 Å². The Labute approximate surface area is 169 Å². The maximum atomic E-state index is 12.1. The number of carbonyl (C=O) groups excluding carboxylic acids is 2. The summed E-state index contributed by atoms with van der Waals surface area (Å²) in [6.45, 7) is 0.0928. The van der Waals surface area contributed by atoms with Crippen LogP contribution in [0.4, 0.5) is 5.69 Å². The van der Waals surface area contributed by atoms with Gasteiger partial charge >= 0.3 is 0 Å². The van der Waals surface area contributed by atoms with E-state index in [1.165, 1.54) is 0 Å². The third-order valence-electron chi connectivity index (χ3n) is 4.29. The molecule has 0 aromatic heterocycles. The Balaban J connectivity index is 1.54. The molecule has 29 heavy (non-hydrogen) atoms. The van der Waals surface area contributed by atoms with Crippen molar-refractivity contribution in [2.24, 2.45) is 0 Å². The van der Waals surface area contributed by atoms with Gasteiger partial charge in [0.1, 0.15) is 24.0 Å². The van der Waals surface area contributed by atoms with E-state index in [1.54, 1.807) is 55.6 Å². The molecule has 3 rings (SSSR count). The van der Waals surface area contributed by atoms with E-state index in [1.807, 2.05) is 36.3 Å². The molecule has 0 radical (unpaired) electrons. The number of hydrogen-bond acceptors (Lipinski definition) is 4. The molecule has 0 fully saturated rings. The normalized spacial score (nSPS) is 9.97. The van der Waals surface area contributed by atoms with Crippen LogP contribution < -0.4 is 14.8 Å². The van der Waals surface area contributed by atoms with E-state index in [0.29, 0.717) is 29.2 Å². The summed E-state index contributed by atoms with van der Waals surface area (Å²) in [5, 5.41) is 2.86. The topological polar surface area (TPSA) is 64.6 Å². The number of methoxy groups -OCH3 is 1. The summed E-state index contributed by atoms with van der Waals surface area (Å²) < 4.78 is 10.8. The fourth-order valence-corrected chi connectivity index (χ4v) is 2.74. The Kier molecular flexibility index (Phi) is 6.82. The minimum atomic E-state index is -0.0875. The summed E-state index contributed by atoms with van der Waals surface area (Å²) >= 11 is 0. The van der Waals surface area contributed by atoms with Gasteiger partial charge < -0.3 is 14.8 Å². The lowest BCUT2D eigenvalue weighted by molar-refractivity contribution is -0.115. The molecule has 0 aliphatic rings.